The third-order valence-electron chi connectivity index (χ3n) is 5.55. The van der Waals surface area contributed by atoms with E-state index in [1.54, 1.807) is 6.20 Å². The first-order valence-corrected chi connectivity index (χ1v) is 9.84. The second-order valence-corrected chi connectivity index (χ2v) is 7.39. The third kappa shape index (κ3) is 3.78. The Labute approximate surface area is 165 Å². The largest absolute Gasteiger partial charge is 0.368 e. The minimum absolute atomic E-state index is 0.0159. The first-order chi connectivity index (χ1) is 13.6. The van der Waals surface area contributed by atoms with Gasteiger partial charge in [0.05, 0.1) is 0 Å². The predicted molar refractivity (Wildman–Crippen MR) is 106 cm³/mol. The number of nitrogens with zero attached hydrogens (tertiary/aromatic N) is 3. The van der Waals surface area contributed by atoms with Gasteiger partial charge >= 0.3 is 0 Å². The normalized spacial score (nSPS) is 19.7. The molecule has 28 heavy (non-hydrogen) atoms. The molecule has 2 amide bonds. The number of ether oxygens (including phenoxy) is 1. The summed E-state index contributed by atoms with van der Waals surface area (Å²) in [5.74, 6) is 0.0869. The summed E-state index contributed by atoms with van der Waals surface area (Å²) >= 11 is 0. The second kappa shape index (κ2) is 8.10. The molecule has 3 heterocycles. The summed E-state index contributed by atoms with van der Waals surface area (Å²) in [4.78, 5) is 33.1. The van der Waals surface area contributed by atoms with Crippen LogP contribution in [0.15, 0.2) is 42.7 Å². The van der Waals surface area contributed by atoms with Gasteiger partial charge in [0.15, 0.2) is 0 Å². The van der Waals surface area contributed by atoms with Crippen molar-refractivity contribution in [2.75, 3.05) is 32.8 Å². The Kier molecular flexibility index (Phi) is 5.39. The van der Waals surface area contributed by atoms with Crippen LogP contribution in [0.2, 0.25) is 0 Å². The van der Waals surface area contributed by atoms with E-state index in [0.29, 0.717) is 38.3 Å². The third-order valence-corrected chi connectivity index (χ3v) is 5.55. The molecule has 0 spiro atoms. The van der Waals surface area contributed by atoms with Gasteiger partial charge < -0.3 is 14.5 Å². The number of aryl methyl sites for hydroxylation is 1. The molecule has 1 aromatic heterocycles. The fourth-order valence-electron chi connectivity index (χ4n) is 3.88. The van der Waals surface area contributed by atoms with Crippen molar-refractivity contribution in [3.05, 3.63) is 53.9 Å². The Bertz CT molecular complexity index is 852. The summed E-state index contributed by atoms with van der Waals surface area (Å²) in [6.07, 6.45) is 5.09. The minimum atomic E-state index is -0.286. The molecule has 146 valence electrons. The number of benzene rings is 1. The summed E-state index contributed by atoms with van der Waals surface area (Å²) < 4.78 is 5.49. The molecule has 2 aromatic rings. The topological polar surface area (TPSA) is 62.7 Å². The Morgan fingerprint density at radius 1 is 1.04 bits per heavy atom. The molecular weight excluding hydrogens is 354 g/mol. The summed E-state index contributed by atoms with van der Waals surface area (Å²) in [6.45, 7) is 4.95. The number of hydrogen-bond acceptors (Lipinski definition) is 4. The predicted octanol–water partition coefficient (Wildman–Crippen LogP) is 2.52. The molecule has 0 bridgehead atoms. The highest BCUT2D eigenvalue weighted by Crippen LogP contribution is 2.23. The molecule has 1 aromatic carbocycles. The van der Waals surface area contributed by atoms with Gasteiger partial charge in [-0.15, -0.1) is 0 Å². The number of piperazine rings is 1. The highest BCUT2D eigenvalue weighted by atomic mass is 16.5. The van der Waals surface area contributed by atoms with Crippen LogP contribution in [0.1, 0.15) is 28.8 Å². The number of hydrogen-bond donors (Lipinski definition) is 0. The fraction of sp³-hybridized carbons (Fsp3) is 0.409. The van der Waals surface area contributed by atoms with Gasteiger partial charge in [0, 0.05) is 50.7 Å². The lowest BCUT2D eigenvalue weighted by Crippen LogP contribution is -2.52. The Hall–Kier alpha value is -2.73. The van der Waals surface area contributed by atoms with Crippen LogP contribution < -0.4 is 0 Å². The van der Waals surface area contributed by atoms with Gasteiger partial charge in [-0.1, -0.05) is 12.1 Å². The molecule has 1 unspecified atom stereocenters. The average Bonchev–Trinajstić information content (AvgIpc) is 3.28. The van der Waals surface area contributed by atoms with E-state index in [-0.39, 0.29) is 17.9 Å². The molecule has 0 N–H and O–H groups in total. The van der Waals surface area contributed by atoms with Gasteiger partial charge in [-0.05, 0) is 54.7 Å². The zero-order valence-corrected chi connectivity index (χ0v) is 16.1. The van der Waals surface area contributed by atoms with Gasteiger partial charge in [-0.3, -0.25) is 14.6 Å². The zero-order valence-electron chi connectivity index (χ0n) is 16.1. The molecule has 6 nitrogen and oxygen atoms in total. The summed E-state index contributed by atoms with van der Waals surface area (Å²) in [5, 5.41) is 0. The van der Waals surface area contributed by atoms with Crippen LogP contribution in [-0.2, 0) is 9.53 Å². The fourth-order valence-corrected chi connectivity index (χ4v) is 3.88. The van der Waals surface area contributed by atoms with Gasteiger partial charge in [-0.25, -0.2) is 0 Å². The number of rotatable bonds is 3. The van der Waals surface area contributed by atoms with Crippen molar-refractivity contribution in [1.82, 2.24) is 14.8 Å². The zero-order chi connectivity index (χ0) is 19.5. The molecule has 0 radical (unpaired) electrons. The van der Waals surface area contributed by atoms with Crippen molar-refractivity contribution < 1.29 is 14.3 Å². The van der Waals surface area contributed by atoms with E-state index in [1.165, 1.54) is 0 Å². The molecule has 6 heteroatoms. The van der Waals surface area contributed by atoms with Gasteiger partial charge in [0.25, 0.3) is 11.8 Å². The van der Waals surface area contributed by atoms with Crippen molar-refractivity contribution >= 4 is 11.8 Å². The van der Waals surface area contributed by atoms with Crippen LogP contribution in [-0.4, -0.2) is 65.5 Å². The van der Waals surface area contributed by atoms with E-state index in [2.05, 4.69) is 4.98 Å². The van der Waals surface area contributed by atoms with Crippen LogP contribution in [0, 0.1) is 6.92 Å². The van der Waals surface area contributed by atoms with E-state index in [1.807, 2.05) is 53.3 Å². The van der Waals surface area contributed by atoms with Gasteiger partial charge in [0.2, 0.25) is 0 Å². The van der Waals surface area contributed by atoms with Crippen LogP contribution in [0.25, 0.3) is 11.1 Å². The van der Waals surface area contributed by atoms with Crippen LogP contribution >= 0.6 is 0 Å². The lowest BCUT2D eigenvalue weighted by atomic mass is 10.0. The van der Waals surface area contributed by atoms with Crippen molar-refractivity contribution in [1.29, 1.82) is 0 Å². The van der Waals surface area contributed by atoms with Crippen molar-refractivity contribution in [3.63, 3.8) is 0 Å². The van der Waals surface area contributed by atoms with E-state index in [0.717, 1.165) is 29.5 Å². The molecule has 1 atom stereocenters. The molecule has 2 aliphatic heterocycles. The maximum Gasteiger partial charge on any atom is 0.253 e. The van der Waals surface area contributed by atoms with E-state index >= 15 is 0 Å². The lowest BCUT2D eigenvalue weighted by molar-refractivity contribution is -0.142. The number of carbonyl (C=O) groups excluding carboxylic acids is 2. The van der Waals surface area contributed by atoms with E-state index in [9.17, 15) is 9.59 Å². The standard InChI is InChI=1S/C22H25N3O3/c1-16-15-23-9-8-19(16)17-4-6-18(7-5-17)21(26)24-10-12-25(13-11-24)22(27)20-3-2-14-28-20/h4-9,15,20H,2-3,10-14H2,1H3. The summed E-state index contributed by atoms with van der Waals surface area (Å²) in [7, 11) is 0. The highest BCUT2D eigenvalue weighted by Gasteiger charge is 2.31. The average molecular weight is 379 g/mol. The summed E-state index contributed by atoms with van der Waals surface area (Å²) in [5.41, 5.74) is 3.97. The Morgan fingerprint density at radius 2 is 1.75 bits per heavy atom. The minimum Gasteiger partial charge on any atom is -0.368 e. The Morgan fingerprint density at radius 3 is 2.39 bits per heavy atom. The summed E-state index contributed by atoms with van der Waals surface area (Å²) in [6, 6.07) is 9.69. The van der Waals surface area contributed by atoms with Crippen molar-refractivity contribution in [3.8, 4) is 11.1 Å². The first-order valence-electron chi connectivity index (χ1n) is 9.84. The van der Waals surface area contributed by atoms with Crippen LogP contribution in [0.5, 0.6) is 0 Å². The maximum absolute atomic E-state index is 12.8. The lowest BCUT2D eigenvalue weighted by Gasteiger charge is -2.35. The Balaban J connectivity index is 1.37. The molecule has 2 saturated heterocycles. The number of carbonyl (C=O) groups is 2. The molecule has 0 aliphatic carbocycles. The van der Waals surface area contributed by atoms with E-state index < -0.39 is 0 Å². The maximum atomic E-state index is 12.8. The second-order valence-electron chi connectivity index (χ2n) is 7.39. The van der Waals surface area contributed by atoms with Crippen molar-refractivity contribution in [2.24, 2.45) is 0 Å². The quantitative estimate of drug-likeness (QED) is 0.822. The SMILES string of the molecule is Cc1cnccc1-c1ccc(C(=O)N2CCN(C(=O)C3CCCO3)CC2)cc1. The molecule has 4 rings (SSSR count). The van der Waals surface area contributed by atoms with Gasteiger partial charge in [0.1, 0.15) is 6.10 Å². The van der Waals surface area contributed by atoms with Gasteiger partial charge in [-0.2, -0.15) is 0 Å². The van der Waals surface area contributed by atoms with E-state index in [4.69, 9.17) is 4.74 Å². The number of amides is 2. The van der Waals surface area contributed by atoms with Crippen molar-refractivity contribution in [2.45, 2.75) is 25.9 Å². The molecular formula is C22H25N3O3. The highest BCUT2D eigenvalue weighted by molar-refractivity contribution is 5.95. The number of pyridine rings is 1. The monoisotopic (exact) mass is 379 g/mol. The first kappa shape index (κ1) is 18.6. The molecule has 2 aliphatic rings. The molecule has 0 saturated carbocycles. The molecule has 2 fully saturated rings. The van der Waals surface area contributed by atoms with Crippen LogP contribution in [0.3, 0.4) is 0 Å². The number of aromatic nitrogens is 1. The van der Waals surface area contributed by atoms with Crippen LogP contribution in [0.4, 0.5) is 0 Å². The smallest absolute Gasteiger partial charge is 0.253 e.